The van der Waals surface area contributed by atoms with Gasteiger partial charge in [-0.15, -0.1) is 0 Å². The Hall–Kier alpha value is -2.02. The number of carbonyl (C=O) groups is 3. The molecule has 0 atom stereocenters. The van der Waals surface area contributed by atoms with Gasteiger partial charge in [0, 0.05) is 19.2 Å². The van der Waals surface area contributed by atoms with Crippen molar-refractivity contribution in [1.82, 2.24) is 9.80 Å². The zero-order valence-corrected chi connectivity index (χ0v) is 12.1. The zero-order valence-electron chi connectivity index (χ0n) is 11.3. The van der Waals surface area contributed by atoms with Gasteiger partial charge in [-0.2, -0.15) is 0 Å². The first-order valence-electron chi connectivity index (χ1n) is 6.72. The monoisotopic (exact) mass is 306 g/mol. The van der Waals surface area contributed by atoms with Crippen molar-refractivity contribution in [2.45, 2.75) is 12.8 Å². The Labute approximate surface area is 125 Å². The summed E-state index contributed by atoms with van der Waals surface area (Å²) in [6, 6.07) is 3.40. The summed E-state index contributed by atoms with van der Waals surface area (Å²) < 4.78 is 5.13. The second kappa shape index (κ2) is 5.77. The lowest BCUT2D eigenvalue weighted by Crippen LogP contribution is -2.40. The summed E-state index contributed by atoms with van der Waals surface area (Å²) >= 11 is 0.832. The summed E-state index contributed by atoms with van der Waals surface area (Å²) in [4.78, 5) is 39.1. The van der Waals surface area contributed by atoms with Crippen LogP contribution in [-0.4, -0.2) is 46.5 Å². The Morgan fingerprint density at radius 1 is 1.33 bits per heavy atom. The average molecular weight is 306 g/mol. The van der Waals surface area contributed by atoms with Crippen molar-refractivity contribution in [1.29, 1.82) is 0 Å². The fraction of sp³-hybridized carbons (Fsp3) is 0.357. The molecule has 0 N–H and O–H groups in total. The zero-order chi connectivity index (χ0) is 14.8. The summed E-state index contributed by atoms with van der Waals surface area (Å²) in [6.07, 6.45) is 4.97. The van der Waals surface area contributed by atoms with Crippen molar-refractivity contribution in [3.63, 3.8) is 0 Å². The quantitative estimate of drug-likeness (QED) is 0.798. The van der Waals surface area contributed by atoms with Crippen molar-refractivity contribution in [2.24, 2.45) is 0 Å². The molecule has 7 heteroatoms. The standard InChI is InChI=1S/C14H14N2O4S/c17-12(15-5-1-2-6-15)9-16-13(18)11(21-14(16)19)8-10-4-3-7-20-10/h3-4,7-8H,1-2,5-6,9H2/b11-8+. The summed E-state index contributed by atoms with van der Waals surface area (Å²) in [5.74, 6) is -0.102. The molecule has 0 unspecified atom stereocenters. The van der Waals surface area contributed by atoms with Gasteiger partial charge in [0.15, 0.2) is 0 Å². The van der Waals surface area contributed by atoms with E-state index in [1.807, 2.05) is 0 Å². The van der Waals surface area contributed by atoms with Crippen LogP contribution in [0.15, 0.2) is 27.7 Å². The van der Waals surface area contributed by atoms with Crippen LogP contribution >= 0.6 is 11.8 Å². The van der Waals surface area contributed by atoms with E-state index in [1.165, 1.54) is 12.3 Å². The van der Waals surface area contributed by atoms with Crippen LogP contribution in [0.3, 0.4) is 0 Å². The number of furan rings is 1. The van der Waals surface area contributed by atoms with Crippen LogP contribution in [0.5, 0.6) is 0 Å². The largest absolute Gasteiger partial charge is 0.465 e. The van der Waals surface area contributed by atoms with Gasteiger partial charge in [0.1, 0.15) is 12.3 Å². The van der Waals surface area contributed by atoms with Crippen LogP contribution in [0.2, 0.25) is 0 Å². The van der Waals surface area contributed by atoms with Gasteiger partial charge in [0.2, 0.25) is 5.91 Å². The molecule has 1 aromatic heterocycles. The number of nitrogens with zero attached hydrogens (tertiary/aromatic N) is 2. The molecule has 3 amide bonds. The van der Waals surface area contributed by atoms with E-state index in [0.717, 1.165) is 29.5 Å². The van der Waals surface area contributed by atoms with Gasteiger partial charge in [-0.25, -0.2) is 0 Å². The van der Waals surface area contributed by atoms with Gasteiger partial charge in [-0.05, 0) is 36.7 Å². The normalized spacial score (nSPS) is 20.9. The second-order valence-corrected chi connectivity index (χ2v) is 5.86. The summed E-state index contributed by atoms with van der Waals surface area (Å²) in [6.45, 7) is 1.23. The Morgan fingerprint density at radius 2 is 2.10 bits per heavy atom. The number of likely N-dealkylation sites (tertiary alicyclic amines) is 1. The lowest BCUT2D eigenvalue weighted by atomic mass is 10.3. The molecule has 0 spiro atoms. The third-order valence-electron chi connectivity index (χ3n) is 3.44. The molecule has 21 heavy (non-hydrogen) atoms. The molecule has 0 bridgehead atoms. The van der Waals surface area contributed by atoms with E-state index >= 15 is 0 Å². The third kappa shape index (κ3) is 2.87. The van der Waals surface area contributed by atoms with Gasteiger partial charge in [0.25, 0.3) is 11.1 Å². The maximum absolute atomic E-state index is 12.2. The molecular weight excluding hydrogens is 292 g/mol. The van der Waals surface area contributed by atoms with E-state index < -0.39 is 11.1 Å². The lowest BCUT2D eigenvalue weighted by molar-refractivity contribution is -0.135. The van der Waals surface area contributed by atoms with E-state index in [4.69, 9.17) is 4.42 Å². The summed E-state index contributed by atoms with van der Waals surface area (Å²) in [5, 5.41) is -0.412. The second-order valence-electron chi connectivity index (χ2n) is 4.87. The van der Waals surface area contributed by atoms with Crippen LogP contribution in [0, 0.1) is 0 Å². The minimum Gasteiger partial charge on any atom is -0.465 e. The van der Waals surface area contributed by atoms with Gasteiger partial charge in [-0.1, -0.05) is 0 Å². The molecule has 6 nitrogen and oxygen atoms in total. The van der Waals surface area contributed by atoms with Crippen LogP contribution in [0.25, 0.3) is 6.08 Å². The van der Waals surface area contributed by atoms with Crippen LogP contribution < -0.4 is 0 Å². The van der Waals surface area contributed by atoms with Crippen molar-refractivity contribution in [2.75, 3.05) is 19.6 Å². The number of hydrogen-bond donors (Lipinski definition) is 0. The Bertz CT molecular complexity index is 603. The number of imide groups is 1. The first-order chi connectivity index (χ1) is 10.1. The number of hydrogen-bond acceptors (Lipinski definition) is 5. The third-order valence-corrected chi connectivity index (χ3v) is 4.35. The van der Waals surface area contributed by atoms with Crippen molar-refractivity contribution < 1.29 is 18.8 Å². The molecule has 0 radical (unpaired) electrons. The van der Waals surface area contributed by atoms with Gasteiger partial charge in [0.05, 0.1) is 11.2 Å². The number of rotatable bonds is 3. The molecule has 2 aliphatic heterocycles. The highest BCUT2D eigenvalue weighted by Crippen LogP contribution is 2.32. The molecule has 2 saturated heterocycles. The van der Waals surface area contributed by atoms with Crippen LogP contribution in [0.1, 0.15) is 18.6 Å². The van der Waals surface area contributed by atoms with E-state index in [0.29, 0.717) is 18.8 Å². The minimum atomic E-state index is -0.436. The molecule has 0 aliphatic carbocycles. The number of amides is 3. The minimum absolute atomic E-state index is 0.172. The van der Waals surface area contributed by atoms with Gasteiger partial charge < -0.3 is 9.32 Å². The van der Waals surface area contributed by atoms with Crippen LogP contribution in [-0.2, 0) is 9.59 Å². The fourth-order valence-corrected chi connectivity index (χ4v) is 3.16. The summed E-state index contributed by atoms with van der Waals surface area (Å²) in [5.41, 5.74) is 0. The SMILES string of the molecule is O=C(CN1C(=O)S/C(=C/c2ccco2)C1=O)N1CCCC1. The number of carbonyl (C=O) groups excluding carboxylic acids is 3. The molecular formula is C14H14N2O4S. The maximum atomic E-state index is 12.2. The predicted octanol–water partition coefficient (Wildman–Crippen LogP) is 1.94. The highest BCUT2D eigenvalue weighted by Gasteiger charge is 2.37. The first-order valence-corrected chi connectivity index (χ1v) is 7.53. The molecule has 1 aromatic rings. The Balaban J connectivity index is 1.70. The maximum Gasteiger partial charge on any atom is 0.294 e. The van der Waals surface area contributed by atoms with Gasteiger partial charge >= 0.3 is 0 Å². The number of thioether (sulfide) groups is 1. The van der Waals surface area contributed by atoms with Crippen molar-refractivity contribution in [3.8, 4) is 0 Å². The topological polar surface area (TPSA) is 70.8 Å². The molecule has 3 heterocycles. The molecule has 3 rings (SSSR count). The molecule has 110 valence electrons. The van der Waals surface area contributed by atoms with E-state index in [9.17, 15) is 14.4 Å². The van der Waals surface area contributed by atoms with E-state index in [1.54, 1.807) is 17.0 Å². The van der Waals surface area contributed by atoms with Crippen molar-refractivity contribution >= 4 is 34.9 Å². The Kier molecular flexibility index (Phi) is 3.83. The van der Waals surface area contributed by atoms with E-state index in [2.05, 4.69) is 0 Å². The summed E-state index contributed by atoms with van der Waals surface area (Å²) in [7, 11) is 0. The molecule has 2 fully saturated rings. The van der Waals surface area contributed by atoms with Crippen molar-refractivity contribution in [3.05, 3.63) is 29.1 Å². The highest BCUT2D eigenvalue weighted by molar-refractivity contribution is 8.18. The fourth-order valence-electron chi connectivity index (χ4n) is 2.34. The predicted molar refractivity (Wildman–Crippen MR) is 77.2 cm³/mol. The first kappa shape index (κ1) is 13.9. The smallest absolute Gasteiger partial charge is 0.294 e. The highest BCUT2D eigenvalue weighted by atomic mass is 32.2. The van der Waals surface area contributed by atoms with Gasteiger partial charge in [-0.3, -0.25) is 19.3 Å². The lowest BCUT2D eigenvalue weighted by Gasteiger charge is -2.18. The van der Waals surface area contributed by atoms with E-state index in [-0.39, 0.29) is 17.4 Å². The Morgan fingerprint density at radius 3 is 2.76 bits per heavy atom. The van der Waals surface area contributed by atoms with Crippen LogP contribution in [0.4, 0.5) is 4.79 Å². The molecule has 0 saturated carbocycles. The molecule has 2 aliphatic rings. The average Bonchev–Trinajstić information content (AvgIpc) is 3.18. The molecule has 0 aromatic carbocycles.